The molecule has 0 unspecified atom stereocenters. The van der Waals surface area contributed by atoms with E-state index in [1.165, 1.54) is 6.26 Å². The second-order valence-electron chi connectivity index (χ2n) is 13.3. The lowest BCUT2D eigenvalue weighted by Gasteiger charge is -2.35. The Bertz CT molecular complexity index is 1930. The largest absolute Gasteiger partial charge is 0.461 e. The molecular formula is C33H37ClFN7O3S. The highest BCUT2D eigenvalue weighted by molar-refractivity contribution is 7.88. The fourth-order valence-corrected chi connectivity index (χ4v) is 9.03. The number of hydrogen-bond acceptors (Lipinski definition) is 9. The molecule has 6 heterocycles. The number of halogens is 2. The summed E-state index contributed by atoms with van der Waals surface area (Å²) in [6.45, 7) is 3.12. The first-order chi connectivity index (χ1) is 22.2. The molecule has 8 rings (SSSR count). The molecule has 4 atom stereocenters. The van der Waals surface area contributed by atoms with Crippen molar-refractivity contribution in [1.29, 1.82) is 0 Å². The first-order valence-electron chi connectivity index (χ1n) is 16.1. The number of anilines is 1. The molecule has 0 saturated carbocycles. The van der Waals surface area contributed by atoms with Gasteiger partial charge in [0.25, 0.3) is 0 Å². The fraction of sp³-hybridized carbons (Fsp3) is 0.485. The number of nitrogens with zero attached hydrogens (tertiary/aromatic N) is 5. The summed E-state index contributed by atoms with van der Waals surface area (Å²) in [5.74, 6) is 0.0969. The van der Waals surface area contributed by atoms with Crippen LogP contribution in [-0.2, 0) is 10.0 Å². The van der Waals surface area contributed by atoms with Crippen molar-refractivity contribution < 1.29 is 17.5 Å². The zero-order chi connectivity index (χ0) is 31.6. The fourth-order valence-electron chi connectivity index (χ4n) is 8.25. The van der Waals surface area contributed by atoms with Gasteiger partial charge in [0.05, 0.1) is 17.2 Å². The molecule has 2 aromatic heterocycles. The molecule has 2 bridgehead atoms. The Labute approximate surface area is 272 Å². The van der Waals surface area contributed by atoms with Gasteiger partial charge >= 0.3 is 6.01 Å². The minimum Gasteiger partial charge on any atom is -0.461 e. The number of ether oxygens (including phenoxy) is 1. The van der Waals surface area contributed by atoms with Crippen LogP contribution in [0.4, 0.5) is 10.2 Å². The van der Waals surface area contributed by atoms with Crippen LogP contribution in [0.3, 0.4) is 0 Å². The number of aromatic nitrogens is 3. The summed E-state index contributed by atoms with van der Waals surface area (Å²) in [6, 6.07) is 12.2. The summed E-state index contributed by atoms with van der Waals surface area (Å²) in [7, 11) is -3.28. The minimum absolute atomic E-state index is 0.101. The summed E-state index contributed by atoms with van der Waals surface area (Å²) < 4.78 is 49.4. The van der Waals surface area contributed by atoms with E-state index in [1.807, 2.05) is 30.3 Å². The molecule has 4 aliphatic heterocycles. The van der Waals surface area contributed by atoms with Gasteiger partial charge in [0.2, 0.25) is 10.0 Å². The maximum atomic E-state index is 16.7. The van der Waals surface area contributed by atoms with E-state index in [4.69, 9.17) is 26.3 Å². The van der Waals surface area contributed by atoms with Crippen molar-refractivity contribution in [3.63, 3.8) is 0 Å². The van der Waals surface area contributed by atoms with Gasteiger partial charge in [-0.25, -0.2) is 17.5 Å². The third-order valence-electron chi connectivity index (χ3n) is 10.4. The molecule has 0 amide bonds. The summed E-state index contributed by atoms with van der Waals surface area (Å²) in [4.78, 5) is 18.9. The SMILES string of the molecule is CS(=O)(=O)NC[C@H]1CC[C@@]2(COc3nc(N4C[C@H]5CC[C@@H](C4)N5)c4cnc(-c5cccc6cccc(Cl)c56)c(F)c4n3)CCCN12. The number of sulfonamides is 1. The van der Waals surface area contributed by atoms with E-state index in [0.717, 1.165) is 68.9 Å². The maximum Gasteiger partial charge on any atom is 0.319 e. The van der Waals surface area contributed by atoms with Crippen molar-refractivity contribution in [3.8, 4) is 17.3 Å². The molecule has 242 valence electrons. The van der Waals surface area contributed by atoms with E-state index >= 15 is 4.39 Å². The molecule has 4 fully saturated rings. The molecule has 10 nitrogen and oxygen atoms in total. The van der Waals surface area contributed by atoms with Gasteiger partial charge < -0.3 is 15.0 Å². The van der Waals surface area contributed by atoms with Crippen molar-refractivity contribution in [2.24, 2.45) is 0 Å². The number of hydrogen-bond donors (Lipinski definition) is 2. The van der Waals surface area contributed by atoms with Crippen LogP contribution in [0.2, 0.25) is 5.02 Å². The zero-order valence-corrected chi connectivity index (χ0v) is 27.2. The third kappa shape index (κ3) is 5.37. The predicted molar refractivity (Wildman–Crippen MR) is 177 cm³/mol. The Morgan fingerprint density at radius 2 is 1.89 bits per heavy atom. The Kier molecular flexibility index (Phi) is 7.56. The van der Waals surface area contributed by atoms with Crippen molar-refractivity contribution in [3.05, 3.63) is 53.4 Å². The Morgan fingerprint density at radius 1 is 1.11 bits per heavy atom. The van der Waals surface area contributed by atoms with Crippen molar-refractivity contribution in [2.45, 2.75) is 62.2 Å². The maximum absolute atomic E-state index is 16.7. The van der Waals surface area contributed by atoms with Gasteiger partial charge in [-0.1, -0.05) is 41.9 Å². The van der Waals surface area contributed by atoms with Crippen LogP contribution in [0.15, 0.2) is 42.6 Å². The number of benzene rings is 2. The number of piperazine rings is 1. The molecule has 46 heavy (non-hydrogen) atoms. The van der Waals surface area contributed by atoms with Crippen molar-refractivity contribution in [1.82, 2.24) is 29.9 Å². The van der Waals surface area contributed by atoms with Gasteiger partial charge in [-0.2, -0.15) is 9.97 Å². The highest BCUT2D eigenvalue weighted by atomic mass is 35.5. The molecule has 0 radical (unpaired) electrons. The standard InChI is InChI=1S/C33H37ClFN7O3S/c1-46(43,44)37-15-23-11-13-33(12-4-14-42(23)33)19-45-32-39-30-25(31(40-32)41-17-21-9-10-22(18-41)38-21)16-36-29(28(30)35)24-7-2-5-20-6-3-8-26(34)27(20)24/h2-3,5-8,16,21-23,37-38H,4,9-15,17-19H2,1H3/t21-,22+,23-,33-/m1/s1. The van der Waals surface area contributed by atoms with Gasteiger partial charge in [0, 0.05) is 59.9 Å². The van der Waals surface area contributed by atoms with Gasteiger partial charge in [-0.05, 0) is 56.5 Å². The number of nitrogens with one attached hydrogen (secondary N) is 2. The first-order valence-corrected chi connectivity index (χ1v) is 18.3. The van der Waals surface area contributed by atoms with Gasteiger partial charge in [-0.15, -0.1) is 0 Å². The lowest BCUT2D eigenvalue weighted by molar-refractivity contribution is 0.0857. The van der Waals surface area contributed by atoms with E-state index in [1.54, 1.807) is 12.3 Å². The molecule has 4 aliphatic rings. The van der Waals surface area contributed by atoms with Crippen LogP contribution in [0.5, 0.6) is 6.01 Å². The van der Waals surface area contributed by atoms with Gasteiger partial charge in [0.15, 0.2) is 5.82 Å². The van der Waals surface area contributed by atoms with Crippen LogP contribution in [-0.4, -0.2) is 91.0 Å². The summed E-state index contributed by atoms with van der Waals surface area (Å²) >= 11 is 6.62. The quantitative estimate of drug-likeness (QED) is 0.281. The number of fused-ring (bicyclic) bond motifs is 5. The summed E-state index contributed by atoms with van der Waals surface area (Å²) in [5, 5.41) is 6.38. The predicted octanol–water partition coefficient (Wildman–Crippen LogP) is 4.50. The molecule has 4 saturated heterocycles. The molecule has 2 N–H and O–H groups in total. The Balaban J connectivity index is 1.17. The second-order valence-corrected chi connectivity index (χ2v) is 15.6. The number of rotatable bonds is 8. The third-order valence-corrected chi connectivity index (χ3v) is 11.4. The minimum atomic E-state index is -3.28. The average molecular weight is 666 g/mol. The first kappa shape index (κ1) is 30.2. The highest BCUT2D eigenvalue weighted by Gasteiger charge is 2.50. The molecular weight excluding hydrogens is 629 g/mol. The highest BCUT2D eigenvalue weighted by Crippen LogP contribution is 2.43. The van der Waals surface area contributed by atoms with Crippen LogP contribution in [0, 0.1) is 5.82 Å². The monoisotopic (exact) mass is 665 g/mol. The van der Waals surface area contributed by atoms with Crippen LogP contribution < -0.4 is 19.7 Å². The van der Waals surface area contributed by atoms with E-state index in [9.17, 15) is 8.42 Å². The molecule has 0 aliphatic carbocycles. The van der Waals surface area contributed by atoms with Gasteiger partial charge in [-0.3, -0.25) is 9.88 Å². The van der Waals surface area contributed by atoms with Crippen molar-refractivity contribution >= 4 is 49.1 Å². The zero-order valence-electron chi connectivity index (χ0n) is 25.7. The molecule has 2 aromatic carbocycles. The second kappa shape index (κ2) is 11.5. The average Bonchev–Trinajstić information content (AvgIpc) is 3.71. The van der Waals surface area contributed by atoms with Gasteiger partial charge in [0.1, 0.15) is 23.6 Å². The lowest BCUT2D eigenvalue weighted by atomic mass is 9.95. The topological polar surface area (TPSA) is 113 Å². The van der Waals surface area contributed by atoms with E-state index < -0.39 is 15.8 Å². The summed E-state index contributed by atoms with van der Waals surface area (Å²) in [5.41, 5.74) is 0.714. The summed E-state index contributed by atoms with van der Waals surface area (Å²) in [6.07, 6.45) is 8.76. The van der Waals surface area contributed by atoms with E-state index in [-0.39, 0.29) is 28.8 Å². The normalized spacial score (nSPS) is 26.3. The van der Waals surface area contributed by atoms with E-state index in [2.05, 4.69) is 24.8 Å². The van der Waals surface area contributed by atoms with Crippen LogP contribution in [0.25, 0.3) is 32.9 Å². The molecule has 0 spiro atoms. The lowest BCUT2D eigenvalue weighted by Crippen LogP contribution is -2.51. The molecule has 13 heteroatoms. The Morgan fingerprint density at radius 3 is 2.67 bits per heavy atom. The number of pyridine rings is 1. The Hall–Kier alpha value is -3.16. The van der Waals surface area contributed by atoms with Crippen molar-refractivity contribution in [2.75, 3.05) is 43.9 Å². The molecule has 4 aromatic rings. The smallest absolute Gasteiger partial charge is 0.319 e. The van der Waals surface area contributed by atoms with E-state index in [0.29, 0.717) is 47.0 Å². The van der Waals surface area contributed by atoms with Crippen LogP contribution in [0.1, 0.15) is 38.5 Å². The van der Waals surface area contributed by atoms with Crippen LogP contribution >= 0.6 is 11.6 Å².